The molecule has 0 saturated heterocycles. The van der Waals surface area contributed by atoms with Gasteiger partial charge >= 0.3 is 0 Å². The van der Waals surface area contributed by atoms with Crippen molar-refractivity contribution in [1.29, 1.82) is 0 Å². The number of anilines is 3. The van der Waals surface area contributed by atoms with Crippen molar-refractivity contribution in [3.8, 4) is 17.2 Å². The largest absolute Gasteiger partial charge is 0.493 e. The Kier molecular flexibility index (Phi) is 18.0. The van der Waals surface area contributed by atoms with Crippen LogP contribution < -0.4 is 35.1 Å². The molecule has 5 aromatic carbocycles. The molecule has 4 aliphatic rings. The van der Waals surface area contributed by atoms with Crippen molar-refractivity contribution in [3.63, 3.8) is 0 Å². The van der Waals surface area contributed by atoms with Crippen LogP contribution in [0.4, 0.5) is 17.1 Å². The van der Waals surface area contributed by atoms with E-state index in [4.69, 9.17) is 18.9 Å². The van der Waals surface area contributed by atoms with Gasteiger partial charge in [0.2, 0.25) is 11.8 Å². The number of nitrogens with one attached hydrogen (secondary N) is 3. The zero-order valence-electron chi connectivity index (χ0n) is 46.4. The molecule has 16 heteroatoms. The summed E-state index contributed by atoms with van der Waals surface area (Å²) in [6.45, 7) is 8.30. The van der Waals surface area contributed by atoms with Gasteiger partial charge in [0, 0.05) is 96.4 Å². The van der Waals surface area contributed by atoms with Gasteiger partial charge in [-0.3, -0.25) is 28.8 Å². The van der Waals surface area contributed by atoms with Gasteiger partial charge in [-0.1, -0.05) is 55.5 Å². The molecule has 0 fully saturated rings. The number of carbonyl (C=O) groups is 6. The monoisotopic (exact) mass is 1070 g/mol. The normalized spacial score (nSPS) is 17.0. The van der Waals surface area contributed by atoms with Gasteiger partial charge in [0.25, 0.3) is 11.8 Å². The summed E-state index contributed by atoms with van der Waals surface area (Å²) in [5.41, 5.74) is 10.0. The molecule has 0 unspecified atom stereocenters. The first-order valence-corrected chi connectivity index (χ1v) is 27.7. The molecule has 79 heavy (non-hydrogen) atoms. The van der Waals surface area contributed by atoms with Crippen LogP contribution in [0.1, 0.15) is 125 Å². The molecule has 3 N–H and O–H groups in total. The second kappa shape index (κ2) is 25.4. The van der Waals surface area contributed by atoms with Crippen LogP contribution in [-0.2, 0) is 63.1 Å². The molecular formula is C63H74N6O10. The Labute approximate surface area is 463 Å². The predicted octanol–water partition coefficient (Wildman–Crippen LogP) is 9.16. The molecule has 5 aromatic rings. The molecule has 0 spiro atoms. The number of hydrogen-bond acceptors (Lipinski definition) is 12. The Balaban J connectivity index is 0.890. The molecule has 16 nitrogen and oxygen atoms in total. The summed E-state index contributed by atoms with van der Waals surface area (Å²) in [5, 5.41) is 9.31. The van der Waals surface area contributed by atoms with Crippen LogP contribution >= 0.6 is 0 Å². The average Bonchev–Trinajstić information content (AvgIpc) is 3.77. The predicted molar refractivity (Wildman–Crippen MR) is 303 cm³/mol. The first kappa shape index (κ1) is 56.0. The molecule has 4 atom stereocenters. The van der Waals surface area contributed by atoms with Gasteiger partial charge in [0.1, 0.15) is 24.7 Å². The van der Waals surface area contributed by atoms with Crippen LogP contribution in [-0.4, -0.2) is 104 Å². The van der Waals surface area contributed by atoms with Crippen LogP contribution in [0.5, 0.6) is 17.2 Å². The van der Waals surface area contributed by atoms with Crippen molar-refractivity contribution in [2.45, 2.75) is 129 Å². The van der Waals surface area contributed by atoms with E-state index in [2.05, 4.69) is 51.2 Å². The highest BCUT2D eigenvalue weighted by Gasteiger charge is 2.37. The first-order valence-electron chi connectivity index (χ1n) is 27.7. The zero-order chi connectivity index (χ0) is 55.7. The molecule has 9 rings (SSSR count). The van der Waals surface area contributed by atoms with Gasteiger partial charge in [-0.25, -0.2) is 0 Å². The number of nitrogens with zero attached hydrogens (tertiary/aromatic N) is 3. The molecule has 0 bridgehead atoms. The maximum atomic E-state index is 14.2. The number of hydrogen-bond donors (Lipinski definition) is 3. The SMILES string of the molecule is COCCCCC(=O)CCCCC(=O)N[C@@H](C)C(=O)C[C@@H](C)C(=O)Nc1cc(COc2cc3c(cc2C)C(=O)N2Cc4ccccc4C[C@H]2CN3C)cc(COc2cc3c(cc2OC)C(=O)N2Cc4ccccc4C[C@H]2CN3)c1. The fourth-order valence-electron chi connectivity index (χ4n) is 11.3. The summed E-state index contributed by atoms with van der Waals surface area (Å²) in [7, 11) is 5.19. The molecule has 416 valence electrons. The van der Waals surface area contributed by atoms with E-state index in [0.29, 0.717) is 104 Å². The van der Waals surface area contributed by atoms with E-state index >= 15 is 0 Å². The summed E-state index contributed by atoms with van der Waals surface area (Å²) in [6.07, 6.45) is 5.27. The minimum Gasteiger partial charge on any atom is -0.493 e. The van der Waals surface area contributed by atoms with E-state index in [1.807, 2.05) is 72.3 Å². The van der Waals surface area contributed by atoms with Crippen LogP contribution in [0.3, 0.4) is 0 Å². The smallest absolute Gasteiger partial charge is 0.256 e. The van der Waals surface area contributed by atoms with E-state index in [-0.39, 0.29) is 73.3 Å². The zero-order valence-corrected chi connectivity index (χ0v) is 46.4. The number of fused-ring (bicyclic) bond motifs is 6. The number of benzene rings is 5. The third kappa shape index (κ3) is 13.4. The second-order valence-electron chi connectivity index (χ2n) is 21.7. The molecule has 0 aromatic heterocycles. The number of likely N-dealkylation sites (N-methyl/N-ethyl adjacent to an activating group) is 1. The Morgan fingerprint density at radius 1 is 0.696 bits per heavy atom. The molecule has 0 radical (unpaired) electrons. The number of aryl methyl sites for hydroxylation is 1. The van der Waals surface area contributed by atoms with Crippen LogP contribution in [0, 0.1) is 12.8 Å². The summed E-state index contributed by atoms with van der Waals surface area (Å²) in [6, 6.07) is 28.7. The highest BCUT2D eigenvalue weighted by atomic mass is 16.5. The maximum absolute atomic E-state index is 14.2. The van der Waals surface area contributed by atoms with Crippen molar-refractivity contribution in [3.05, 3.63) is 141 Å². The quantitative estimate of drug-likeness (QED) is 0.0528. The highest BCUT2D eigenvalue weighted by Crippen LogP contribution is 2.40. The molecule has 4 amide bonds. The number of Topliss-reactive ketones (excluding diaryl/α,β-unsaturated/α-hetero) is 2. The Morgan fingerprint density at radius 2 is 1.30 bits per heavy atom. The summed E-state index contributed by atoms with van der Waals surface area (Å²) in [4.78, 5) is 86.7. The molecule has 4 heterocycles. The number of amides is 4. The van der Waals surface area contributed by atoms with Crippen molar-refractivity contribution in [2.75, 3.05) is 56.5 Å². The lowest BCUT2D eigenvalue weighted by Gasteiger charge is -2.36. The number of rotatable bonds is 23. The van der Waals surface area contributed by atoms with Crippen LogP contribution in [0.2, 0.25) is 0 Å². The Bertz CT molecular complexity index is 3100. The fraction of sp³-hybridized carbons (Fsp3) is 0.429. The number of methoxy groups -OCH3 is 2. The first-order chi connectivity index (χ1) is 38.2. The second-order valence-corrected chi connectivity index (χ2v) is 21.7. The van der Waals surface area contributed by atoms with Gasteiger partial charge in [0.15, 0.2) is 17.3 Å². The van der Waals surface area contributed by atoms with Gasteiger partial charge < -0.3 is 49.6 Å². The third-order valence-electron chi connectivity index (χ3n) is 15.8. The standard InChI is InChI=1S/C63H74N6O10/c1-39-23-53-55(67(4)36-50-29-45-16-8-10-18-47(45)35-69(50)63(53)75)32-57(39)78-37-42-25-43(38-79-59-31-54-52(30-58(59)77-6)62(74)68-34-46-17-9-7-15-44(46)28-49(68)33-64-54)27-48(26-42)66-61(73)40(2)24-56(71)41(3)65-60(72)21-12-11-19-51(70)20-13-14-22-76-5/h7-10,15-18,23,25-27,30-32,40-41,49-50,64H,11-14,19-22,24,28-29,33-38H2,1-6H3,(H,65,72)(H,66,73)/t40-,41+,49+,50+/m1/s1. The van der Waals surface area contributed by atoms with Gasteiger partial charge in [0.05, 0.1) is 47.7 Å². The molecule has 4 aliphatic heterocycles. The molecular weight excluding hydrogens is 1000 g/mol. The lowest BCUT2D eigenvalue weighted by atomic mass is 9.93. The number of carbonyl (C=O) groups excluding carboxylic acids is 6. The summed E-state index contributed by atoms with van der Waals surface area (Å²) < 4.78 is 24.0. The van der Waals surface area contributed by atoms with Gasteiger partial charge in [-0.2, -0.15) is 0 Å². The molecule has 0 saturated carbocycles. The van der Waals surface area contributed by atoms with Crippen LogP contribution in [0.15, 0.2) is 91.0 Å². The number of ketones is 2. The lowest BCUT2D eigenvalue weighted by Crippen LogP contribution is -2.47. The molecule has 0 aliphatic carbocycles. The van der Waals surface area contributed by atoms with Crippen molar-refractivity contribution >= 4 is 52.3 Å². The van der Waals surface area contributed by atoms with Crippen molar-refractivity contribution in [2.24, 2.45) is 5.92 Å². The fourth-order valence-corrected chi connectivity index (χ4v) is 11.3. The maximum Gasteiger partial charge on any atom is 0.256 e. The third-order valence-corrected chi connectivity index (χ3v) is 15.8. The van der Waals surface area contributed by atoms with E-state index in [9.17, 15) is 28.8 Å². The minimum absolute atomic E-state index is 0.00626. The van der Waals surface area contributed by atoms with Crippen molar-refractivity contribution < 1.29 is 47.7 Å². The van der Waals surface area contributed by atoms with Crippen LogP contribution in [0.25, 0.3) is 0 Å². The lowest BCUT2D eigenvalue weighted by molar-refractivity contribution is -0.129. The van der Waals surface area contributed by atoms with Gasteiger partial charge in [-0.15, -0.1) is 0 Å². The van der Waals surface area contributed by atoms with E-state index in [0.717, 1.165) is 48.1 Å². The Morgan fingerprint density at radius 3 is 1.97 bits per heavy atom. The highest BCUT2D eigenvalue weighted by molar-refractivity contribution is 6.02. The summed E-state index contributed by atoms with van der Waals surface area (Å²) >= 11 is 0. The van der Waals surface area contributed by atoms with Gasteiger partial charge in [-0.05, 0) is 122 Å². The van der Waals surface area contributed by atoms with Crippen molar-refractivity contribution in [1.82, 2.24) is 15.1 Å². The van der Waals surface area contributed by atoms with E-state index in [1.54, 1.807) is 33.1 Å². The summed E-state index contributed by atoms with van der Waals surface area (Å²) in [5.74, 6) is -0.195. The number of ether oxygens (including phenoxy) is 4. The van der Waals surface area contributed by atoms with E-state index in [1.165, 1.54) is 23.8 Å². The average molecular weight is 1080 g/mol. The Hall–Kier alpha value is -7.72. The minimum atomic E-state index is -0.806. The number of unbranched alkanes of at least 4 members (excludes halogenated alkanes) is 2. The van der Waals surface area contributed by atoms with E-state index < -0.39 is 12.0 Å². The topological polar surface area (TPSA) is 185 Å².